The van der Waals surface area contributed by atoms with Crippen molar-refractivity contribution in [3.8, 4) is 0 Å². The van der Waals surface area contributed by atoms with Gasteiger partial charge in [0, 0.05) is 20.3 Å². The van der Waals surface area contributed by atoms with Crippen molar-refractivity contribution in [1.29, 1.82) is 0 Å². The third-order valence-electron chi connectivity index (χ3n) is 3.16. The van der Waals surface area contributed by atoms with E-state index in [2.05, 4.69) is 65.4 Å². The van der Waals surface area contributed by atoms with Crippen molar-refractivity contribution >= 4 is 27.3 Å². The van der Waals surface area contributed by atoms with Crippen molar-refractivity contribution in [2.24, 2.45) is 0 Å². The first-order valence-corrected chi connectivity index (χ1v) is 7.69. The Morgan fingerprint density at radius 1 is 1.22 bits per heavy atom. The number of hydrogen-bond acceptors (Lipinski definition) is 2. The summed E-state index contributed by atoms with van der Waals surface area (Å²) in [5.74, 6) is 0. The minimum atomic E-state index is 0.399. The van der Waals surface area contributed by atoms with E-state index in [-0.39, 0.29) is 0 Å². The summed E-state index contributed by atoms with van der Waals surface area (Å²) in [4.78, 5) is 2.81. The summed E-state index contributed by atoms with van der Waals surface area (Å²) in [6.45, 7) is 4.38. The average Bonchev–Trinajstić information content (AvgIpc) is 2.68. The van der Waals surface area contributed by atoms with Crippen LogP contribution >= 0.6 is 27.3 Å². The Kier molecular flexibility index (Phi) is 4.60. The molecule has 0 bridgehead atoms. The van der Waals surface area contributed by atoms with Gasteiger partial charge in [-0.25, -0.2) is 0 Å². The van der Waals surface area contributed by atoms with Gasteiger partial charge in [-0.05, 0) is 56.6 Å². The van der Waals surface area contributed by atoms with Crippen LogP contribution in [-0.4, -0.2) is 7.05 Å². The lowest BCUT2D eigenvalue weighted by Gasteiger charge is -2.16. The molecule has 2 rings (SSSR count). The minimum Gasteiger partial charge on any atom is -0.313 e. The Hall–Kier alpha value is -0.640. The summed E-state index contributed by atoms with van der Waals surface area (Å²) in [5.41, 5.74) is 2.80. The smallest absolute Gasteiger partial charge is 0.0369 e. The van der Waals surface area contributed by atoms with Crippen LogP contribution in [0.25, 0.3) is 0 Å². The molecule has 0 fully saturated rings. The van der Waals surface area contributed by atoms with Crippen molar-refractivity contribution < 1.29 is 0 Å². The fourth-order valence-corrected chi connectivity index (χ4v) is 3.47. The Morgan fingerprint density at radius 3 is 2.39 bits per heavy atom. The molecule has 0 radical (unpaired) electrons. The number of aryl methyl sites for hydroxylation is 2. The molecule has 0 spiro atoms. The standard InChI is InChI=1S/C15H18BrNS/c1-10-8-14(11(2)18-10)15(17-3)9-12-4-6-13(16)7-5-12/h4-8,15,17H,9H2,1-3H3. The van der Waals surface area contributed by atoms with Gasteiger partial charge in [-0.3, -0.25) is 0 Å². The molecule has 0 aliphatic carbocycles. The van der Waals surface area contributed by atoms with Gasteiger partial charge in [-0.15, -0.1) is 11.3 Å². The van der Waals surface area contributed by atoms with Crippen LogP contribution in [0.2, 0.25) is 0 Å². The van der Waals surface area contributed by atoms with Crippen LogP contribution in [0.1, 0.15) is 26.9 Å². The van der Waals surface area contributed by atoms with Crippen LogP contribution in [0.4, 0.5) is 0 Å². The van der Waals surface area contributed by atoms with Crippen LogP contribution < -0.4 is 5.32 Å². The number of nitrogens with one attached hydrogen (secondary N) is 1. The highest BCUT2D eigenvalue weighted by Crippen LogP contribution is 2.28. The number of benzene rings is 1. The monoisotopic (exact) mass is 323 g/mol. The number of likely N-dealkylation sites (N-methyl/N-ethyl adjacent to an activating group) is 1. The molecular weight excluding hydrogens is 306 g/mol. The van der Waals surface area contributed by atoms with Gasteiger partial charge in [-0.1, -0.05) is 28.1 Å². The number of hydrogen-bond donors (Lipinski definition) is 1. The summed E-state index contributed by atoms with van der Waals surface area (Å²) < 4.78 is 1.13. The fourth-order valence-electron chi connectivity index (χ4n) is 2.22. The first-order chi connectivity index (χ1) is 8.60. The van der Waals surface area contributed by atoms with Crippen molar-refractivity contribution in [3.05, 3.63) is 55.7 Å². The van der Waals surface area contributed by atoms with Crippen LogP contribution in [-0.2, 0) is 6.42 Å². The lowest BCUT2D eigenvalue weighted by molar-refractivity contribution is 0.591. The maximum absolute atomic E-state index is 3.47. The zero-order valence-corrected chi connectivity index (χ0v) is 13.4. The van der Waals surface area contributed by atoms with Crippen LogP contribution in [0.15, 0.2) is 34.8 Å². The van der Waals surface area contributed by atoms with E-state index < -0.39 is 0 Å². The van der Waals surface area contributed by atoms with Crippen molar-refractivity contribution in [1.82, 2.24) is 5.32 Å². The Bertz CT molecular complexity index is 516. The normalized spacial score (nSPS) is 12.7. The van der Waals surface area contributed by atoms with E-state index in [4.69, 9.17) is 0 Å². The maximum Gasteiger partial charge on any atom is 0.0369 e. The van der Waals surface area contributed by atoms with E-state index in [1.54, 1.807) is 0 Å². The lowest BCUT2D eigenvalue weighted by Crippen LogP contribution is -2.18. The highest BCUT2D eigenvalue weighted by Gasteiger charge is 2.14. The zero-order valence-electron chi connectivity index (χ0n) is 11.0. The second-order valence-corrected chi connectivity index (χ2v) is 6.92. The summed E-state index contributed by atoms with van der Waals surface area (Å²) in [6, 6.07) is 11.3. The van der Waals surface area contributed by atoms with Gasteiger partial charge in [0.05, 0.1) is 0 Å². The van der Waals surface area contributed by atoms with Crippen molar-refractivity contribution in [3.63, 3.8) is 0 Å². The molecule has 0 saturated carbocycles. The molecule has 1 atom stereocenters. The summed E-state index contributed by atoms with van der Waals surface area (Å²) in [7, 11) is 2.04. The second-order valence-electron chi connectivity index (χ2n) is 4.54. The van der Waals surface area contributed by atoms with Gasteiger partial charge in [0.2, 0.25) is 0 Å². The number of halogens is 1. The Balaban J connectivity index is 2.19. The third kappa shape index (κ3) is 3.22. The van der Waals surface area contributed by atoms with E-state index in [1.807, 2.05) is 18.4 Å². The van der Waals surface area contributed by atoms with E-state index in [0.29, 0.717) is 6.04 Å². The van der Waals surface area contributed by atoms with Crippen LogP contribution in [0, 0.1) is 13.8 Å². The van der Waals surface area contributed by atoms with E-state index in [0.717, 1.165) is 10.9 Å². The van der Waals surface area contributed by atoms with Crippen molar-refractivity contribution in [2.75, 3.05) is 7.05 Å². The Labute approximate surface area is 121 Å². The molecular formula is C15H18BrNS. The molecule has 1 heterocycles. The molecule has 18 heavy (non-hydrogen) atoms. The molecule has 1 N–H and O–H groups in total. The lowest BCUT2D eigenvalue weighted by atomic mass is 9.99. The first kappa shape index (κ1) is 13.8. The highest BCUT2D eigenvalue weighted by molar-refractivity contribution is 9.10. The van der Waals surface area contributed by atoms with Gasteiger partial charge in [0.25, 0.3) is 0 Å². The van der Waals surface area contributed by atoms with Gasteiger partial charge in [0.15, 0.2) is 0 Å². The number of rotatable bonds is 4. The first-order valence-electron chi connectivity index (χ1n) is 6.09. The molecule has 0 aliphatic rings. The molecule has 1 nitrogen and oxygen atoms in total. The SMILES string of the molecule is CNC(Cc1ccc(Br)cc1)c1cc(C)sc1C. The summed E-state index contributed by atoms with van der Waals surface area (Å²) in [5, 5.41) is 3.43. The van der Waals surface area contributed by atoms with Crippen LogP contribution in [0.3, 0.4) is 0 Å². The van der Waals surface area contributed by atoms with E-state index in [9.17, 15) is 0 Å². The average molecular weight is 324 g/mol. The van der Waals surface area contributed by atoms with E-state index >= 15 is 0 Å². The second kappa shape index (κ2) is 6.00. The molecule has 0 amide bonds. The number of thiophene rings is 1. The summed E-state index contributed by atoms with van der Waals surface area (Å²) >= 11 is 5.35. The Morgan fingerprint density at radius 2 is 1.89 bits per heavy atom. The molecule has 0 aliphatic heterocycles. The van der Waals surface area contributed by atoms with Gasteiger partial charge in [0.1, 0.15) is 0 Å². The molecule has 1 aromatic carbocycles. The molecule has 1 aromatic heterocycles. The molecule has 0 saturated heterocycles. The molecule has 3 heteroatoms. The predicted octanol–water partition coefficient (Wildman–Crippen LogP) is 4.63. The topological polar surface area (TPSA) is 12.0 Å². The van der Waals surface area contributed by atoms with Gasteiger partial charge >= 0.3 is 0 Å². The molecule has 96 valence electrons. The predicted molar refractivity (Wildman–Crippen MR) is 83.4 cm³/mol. The quantitative estimate of drug-likeness (QED) is 0.864. The largest absolute Gasteiger partial charge is 0.313 e. The van der Waals surface area contributed by atoms with Gasteiger partial charge < -0.3 is 5.32 Å². The zero-order chi connectivity index (χ0) is 13.1. The third-order valence-corrected chi connectivity index (χ3v) is 4.67. The molecule has 1 unspecified atom stereocenters. The highest BCUT2D eigenvalue weighted by atomic mass is 79.9. The van der Waals surface area contributed by atoms with Crippen molar-refractivity contribution in [2.45, 2.75) is 26.3 Å². The fraction of sp³-hybridized carbons (Fsp3) is 0.333. The van der Waals surface area contributed by atoms with Gasteiger partial charge in [-0.2, -0.15) is 0 Å². The van der Waals surface area contributed by atoms with Crippen LogP contribution in [0.5, 0.6) is 0 Å². The summed E-state index contributed by atoms with van der Waals surface area (Å²) in [6.07, 6.45) is 1.03. The van der Waals surface area contributed by atoms with E-state index in [1.165, 1.54) is 20.9 Å². The maximum atomic E-state index is 3.47. The minimum absolute atomic E-state index is 0.399. The molecule has 2 aromatic rings.